The number of rotatable bonds is 10. The molecule has 0 N–H and O–H groups in total. The number of nitrogens with zero attached hydrogens (tertiary/aromatic N) is 2. The molecule has 0 bridgehead atoms. The van der Waals surface area contributed by atoms with E-state index < -0.39 is 0 Å². The highest BCUT2D eigenvalue weighted by atomic mass is 16.5. The average Bonchev–Trinajstić information content (AvgIpc) is 2.75. The van der Waals surface area contributed by atoms with Gasteiger partial charge in [0.25, 0.3) is 0 Å². The highest BCUT2D eigenvalue weighted by molar-refractivity contribution is 5.55. The number of hydrogen-bond donors (Lipinski definition) is 0. The van der Waals surface area contributed by atoms with Crippen LogP contribution in [0.4, 0.5) is 0 Å². The summed E-state index contributed by atoms with van der Waals surface area (Å²) in [6.07, 6.45) is 17.5. The number of hydrogen-bond acceptors (Lipinski definition) is 3. The molecule has 0 saturated heterocycles. The quantitative estimate of drug-likeness (QED) is 0.422. The Bertz CT molecular complexity index is 673. The molecule has 0 amide bonds. The van der Waals surface area contributed by atoms with Crippen LogP contribution in [0, 0.1) is 11.8 Å². The number of aryl methyl sites for hydroxylation is 1. The van der Waals surface area contributed by atoms with Gasteiger partial charge < -0.3 is 4.74 Å². The second-order valence-corrected chi connectivity index (χ2v) is 8.29. The first-order chi connectivity index (χ1) is 13.8. The Labute approximate surface area is 171 Å². The highest BCUT2D eigenvalue weighted by Gasteiger charge is 2.20. The Hall–Kier alpha value is -1.90. The maximum atomic E-state index is 5.41. The van der Waals surface area contributed by atoms with E-state index in [-0.39, 0.29) is 0 Å². The van der Waals surface area contributed by atoms with Crippen LogP contribution in [-0.2, 0) is 6.42 Å². The molecule has 1 aromatic heterocycles. The molecule has 3 rings (SSSR count). The van der Waals surface area contributed by atoms with Gasteiger partial charge in [-0.3, -0.25) is 0 Å². The van der Waals surface area contributed by atoms with Crippen LogP contribution in [0.15, 0.2) is 36.7 Å². The Morgan fingerprint density at radius 1 is 0.857 bits per heavy atom. The van der Waals surface area contributed by atoms with E-state index in [0.717, 1.165) is 29.0 Å². The summed E-state index contributed by atoms with van der Waals surface area (Å²) < 4.78 is 5.41. The number of aromatic nitrogens is 2. The van der Waals surface area contributed by atoms with E-state index in [9.17, 15) is 0 Å². The van der Waals surface area contributed by atoms with Gasteiger partial charge in [0.1, 0.15) is 0 Å². The average molecular weight is 381 g/mol. The molecule has 0 radical (unpaired) electrons. The van der Waals surface area contributed by atoms with Crippen molar-refractivity contribution in [2.24, 2.45) is 11.8 Å². The molecule has 1 heterocycles. The van der Waals surface area contributed by atoms with Crippen molar-refractivity contribution in [3.63, 3.8) is 0 Å². The Morgan fingerprint density at radius 2 is 1.50 bits per heavy atom. The molecule has 0 unspecified atom stereocenters. The van der Waals surface area contributed by atoms with E-state index in [4.69, 9.17) is 4.74 Å². The maximum Gasteiger partial charge on any atom is 0.159 e. The standard InChI is InChI=1S/C25H36N2O/c1-3-5-6-7-20-8-10-21(11-9-20)12-13-22-14-16-23(17-15-22)25-26-18-24(19-27-25)28-4-2/h14-21H,3-13H2,1-2H3. The zero-order valence-corrected chi connectivity index (χ0v) is 17.7. The molecule has 0 spiro atoms. The maximum absolute atomic E-state index is 5.41. The molecule has 0 aliphatic heterocycles. The van der Waals surface area contributed by atoms with Gasteiger partial charge >= 0.3 is 0 Å². The summed E-state index contributed by atoms with van der Waals surface area (Å²) in [7, 11) is 0. The SMILES string of the molecule is CCCCCC1CCC(CCc2ccc(-c3ncc(OCC)cn3)cc2)CC1. The van der Waals surface area contributed by atoms with Crippen molar-refractivity contribution >= 4 is 0 Å². The predicted octanol–water partition coefficient (Wildman–Crippen LogP) is 6.86. The predicted molar refractivity (Wildman–Crippen MR) is 117 cm³/mol. The molecule has 1 aliphatic carbocycles. The summed E-state index contributed by atoms with van der Waals surface area (Å²) in [6, 6.07) is 8.78. The van der Waals surface area contributed by atoms with Crippen molar-refractivity contribution in [3.05, 3.63) is 42.2 Å². The smallest absolute Gasteiger partial charge is 0.159 e. The van der Waals surface area contributed by atoms with E-state index in [2.05, 4.69) is 41.2 Å². The lowest BCUT2D eigenvalue weighted by Gasteiger charge is -2.28. The number of ether oxygens (including phenoxy) is 1. The highest BCUT2D eigenvalue weighted by Crippen LogP contribution is 2.34. The first-order valence-electron chi connectivity index (χ1n) is 11.3. The molecular formula is C25H36N2O. The van der Waals surface area contributed by atoms with E-state index in [1.807, 2.05) is 6.92 Å². The molecule has 1 aromatic carbocycles. The molecule has 3 nitrogen and oxygen atoms in total. The van der Waals surface area contributed by atoms with E-state index in [1.165, 1.54) is 69.8 Å². The van der Waals surface area contributed by atoms with Crippen LogP contribution < -0.4 is 4.74 Å². The largest absolute Gasteiger partial charge is 0.491 e. The van der Waals surface area contributed by atoms with Gasteiger partial charge in [0, 0.05) is 5.56 Å². The van der Waals surface area contributed by atoms with Crippen molar-refractivity contribution in [1.29, 1.82) is 0 Å². The van der Waals surface area contributed by atoms with Crippen LogP contribution in [0.5, 0.6) is 5.75 Å². The topological polar surface area (TPSA) is 35.0 Å². The minimum absolute atomic E-state index is 0.637. The lowest BCUT2D eigenvalue weighted by Crippen LogP contribution is -2.15. The third kappa shape index (κ3) is 6.32. The monoisotopic (exact) mass is 380 g/mol. The Kier molecular flexibility index (Phi) is 8.32. The molecule has 1 fully saturated rings. The molecule has 152 valence electrons. The molecule has 2 aromatic rings. The van der Waals surface area contributed by atoms with Gasteiger partial charge in [0.15, 0.2) is 11.6 Å². The third-order valence-corrected chi connectivity index (χ3v) is 6.17. The zero-order valence-electron chi connectivity index (χ0n) is 17.7. The van der Waals surface area contributed by atoms with E-state index >= 15 is 0 Å². The lowest BCUT2D eigenvalue weighted by atomic mass is 9.78. The van der Waals surface area contributed by atoms with Crippen LogP contribution >= 0.6 is 0 Å². The fourth-order valence-electron chi connectivity index (χ4n) is 4.39. The Morgan fingerprint density at radius 3 is 2.11 bits per heavy atom. The summed E-state index contributed by atoms with van der Waals surface area (Å²) in [6.45, 7) is 4.90. The number of unbranched alkanes of at least 4 members (excludes halogenated alkanes) is 2. The van der Waals surface area contributed by atoms with Crippen molar-refractivity contribution in [3.8, 4) is 17.1 Å². The van der Waals surface area contributed by atoms with Gasteiger partial charge in [-0.15, -0.1) is 0 Å². The summed E-state index contributed by atoms with van der Waals surface area (Å²) in [5.41, 5.74) is 2.50. The first-order valence-corrected chi connectivity index (χ1v) is 11.3. The van der Waals surface area contributed by atoms with Crippen molar-refractivity contribution in [2.75, 3.05) is 6.61 Å². The molecule has 1 aliphatic rings. The summed E-state index contributed by atoms with van der Waals surface area (Å²) in [5.74, 6) is 3.42. The van der Waals surface area contributed by atoms with Gasteiger partial charge in [-0.2, -0.15) is 0 Å². The van der Waals surface area contributed by atoms with E-state index in [0.29, 0.717) is 6.61 Å². The van der Waals surface area contributed by atoms with Crippen molar-refractivity contribution in [2.45, 2.75) is 78.1 Å². The number of benzene rings is 1. The fourth-order valence-corrected chi connectivity index (χ4v) is 4.39. The van der Waals surface area contributed by atoms with Crippen molar-refractivity contribution < 1.29 is 4.74 Å². The van der Waals surface area contributed by atoms with Crippen LogP contribution in [0.1, 0.15) is 77.2 Å². The molecule has 3 heteroatoms. The second kappa shape index (κ2) is 11.2. The van der Waals surface area contributed by atoms with Gasteiger partial charge in [-0.25, -0.2) is 9.97 Å². The molecule has 0 atom stereocenters. The van der Waals surface area contributed by atoms with Crippen LogP contribution in [-0.4, -0.2) is 16.6 Å². The van der Waals surface area contributed by atoms with Crippen LogP contribution in [0.3, 0.4) is 0 Å². The van der Waals surface area contributed by atoms with Crippen molar-refractivity contribution in [1.82, 2.24) is 9.97 Å². The van der Waals surface area contributed by atoms with Crippen LogP contribution in [0.25, 0.3) is 11.4 Å². The summed E-state index contributed by atoms with van der Waals surface area (Å²) >= 11 is 0. The molecular weight excluding hydrogens is 344 g/mol. The summed E-state index contributed by atoms with van der Waals surface area (Å²) in [5, 5.41) is 0. The molecule has 28 heavy (non-hydrogen) atoms. The van der Waals surface area contributed by atoms with Crippen LogP contribution in [0.2, 0.25) is 0 Å². The summed E-state index contributed by atoms with van der Waals surface area (Å²) in [4.78, 5) is 8.83. The van der Waals surface area contributed by atoms with E-state index in [1.54, 1.807) is 12.4 Å². The zero-order chi connectivity index (χ0) is 19.6. The first kappa shape index (κ1) is 20.8. The van der Waals surface area contributed by atoms with Gasteiger partial charge in [0.2, 0.25) is 0 Å². The van der Waals surface area contributed by atoms with Gasteiger partial charge in [-0.1, -0.05) is 82.6 Å². The third-order valence-electron chi connectivity index (χ3n) is 6.17. The lowest BCUT2D eigenvalue weighted by molar-refractivity contribution is 0.249. The fraction of sp³-hybridized carbons (Fsp3) is 0.600. The molecule has 1 saturated carbocycles. The Balaban J connectivity index is 1.42. The van der Waals surface area contributed by atoms with Gasteiger partial charge in [-0.05, 0) is 37.2 Å². The second-order valence-electron chi connectivity index (χ2n) is 8.29. The normalized spacial score (nSPS) is 19.5. The van der Waals surface area contributed by atoms with Gasteiger partial charge in [0.05, 0.1) is 19.0 Å². The minimum atomic E-state index is 0.637. The minimum Gasteiger partial charge on any atom is -0.491 e.